The first-order valence-electron chi connectivity index (χ1n) is 7.37. The molecule has 0 unspecified atom stereocenters. The highest BCUT2D eigenvalue weighted by Gasteiger charge is 2.14. The van der Waals surface area contributed by atoms with E-state index in [-0.39, 0.29) is 18.1 Å². The Hall–Kier alpha value is -3.69. The lowest BCUT2D eigenvalue weighted by molar-refractivity contribution is 0.0944. The fourth-order valence-corrected chi connectivity index (χ4v) is 2.28. The first-order valence-corrected chi connectivity index (χ1v) is 7.37. The van der Waals surface area contributed by atoms with Gasteiger partial charge in [-0.1, -0.05) is 0 Å². The lowest BCUT2D eigenvalue weighted by Gasteiger charge is -2.02. The molecule has 0 bridgehead atoms. The van der Waals surface area contributed by atoms with Gasteiger partial charge in [-0.05, 0) is 18.2 Å². The Balaban J connectivity index is 1.49. The predicted octanol–water partition coefficient (Wildman–Crippen LogP) is 1.05. The molecule has 2 N–H and O–H groups in total. The third-order valence-corrected chi connectivity index (χ3v) is 3.52. The van der Waals surface area contributed by atoms with Gasteiger partial charge in [-0.15, -0.1) is 15.3 Å². The third kappa shape index (κ3) is 2.80. The average Bonchev–Trinajstić information content (AvgIpc) is 3.39. The lowest BCUT2D eigenvalue weighted by Crippen LogP contribution is -2.24. The molecule has 0 radical (unpaired) electrons. The van der Waals surface area contributed by atoms with Crippen molar-refractivity contribution in [1.82, 2.24) is 35.3 Å². The molecule has 0 spiro atoms. The number of H-pyrrole nitrogens is 1. The maximum Gasteiger partial charge on any atom is 0.272 e. The molecule has 10 heteroatoms. The van der Waals surface area contributed by atoms with Gasteiger partial charge in [0.1, 0.15) is 5.69 Å². The molecular weight excluding hydrogens is 326 g/mol. The number of fused-ring (bicyclic) bond motifs is 1. The second-order valence-corrected chi connectivity index (χ2v) is 5.09. The fraction of sp³-hybridized carbons (Fsp3) is 0.133. The summed E-state index contributed by atoms with van der Waals surface area (Å²) in [6.45, 7) is 0.142. The van der Waals surface area contributed by atoms with Crippen molar-refractivity contribution in [1.29, 1.82) is 0 Å². The highest BCUT2D eigenvalue weighted by atomic mass is 16.5. The molecule has 0 fully saturated rings. The van der Waals surface area contributed by atoms with Crippen LogP contribution in [-0.4, -0.2) is 43.0 Å². The van der Waals surface area contributed by atoms with Crippen molar-refractivity contribution >= 4 is 11.6 Å². The zero-order chi connectivity index (χ0) is 17.2. The molecule has 4 heterocycles. The molecule has 4 aromatic heterocycles. The van der Waals surface area contributed by atoms with Crippen molar-refractivity contribution in [2.24, 2.45) is 0 Å². The molecule has 1 amide bonds. The Kier molecular flexibility index (Phi) is 3.61. The van der Waals surface area contributed by atoms with E-state index in [1.165, 1.54) is 11.6 Å². The van der Waals surface area contributed by atoms with Crippen LogP contribution in [-0.2, 0) is 6.54 Å². The van der Waals surface area contributed by atoms with Crippen molar-refractivity contribution < 1.29 is 13.9 Å². The zero-order valence-electron chi connectivity index (χ0n) is 13.1. The monoisotopic (exact) mass is 339 g/mol. The number of carbonyl (C=O) groups is 1. The maximum absolute atomic E-state index is 12.3. The van der Waals surface area contributed by atoms with E-state index < -0.39 is 0 Å². The second kappa shape index (κ2) is 6.07. The molecule has 25 heavy (non-hydrogen) atoms. The number of ether oxygens (including phenoxy) is 1. The van der Waals surface area contributed by atoms with Crippen LogP contribution >= 0.6 is 0 Å². The molecular formula is C15H13N7O3. The fourth-order valence-electron chi connectivity index (χ4n) is 2.28. The van der Waals surface area contributed by atoms with Crippen LogP contribution in [0.1, 0.15) is 16.3 Å². The third-order valence-electron chi connectivity index (χ3n) is 3.52. The molecule has 0 saturated carbocycles. The van der Waals surface area contributed by atoms with Gasteiger partial charge in [0.2, 0.25) is 5.88 Å². The average molecular weight is 339 g/mol. The summed E-state index contributed by atoms with van der Waals surface area (Å²) >= 11 is 0. The summed E-state index contributed by atoms with van der Waals surface area (Å²) in [5.74, 6) is 1.15. The molecule has 0 aliphatic heterocycles. The van der Waals surface area contributed by atoms with Crippen LogP contribution in [0.5, 0.6) is 5.88 Å². The van der Waals surface area contributed by atoms with Gasteiger partial charge >= 0.3 is 0 Å². The molecule has 10 nitrogen and oxygen atoms in total. The van der Waals surface area contributed by atoms with Crippen LogP contribution in [0.25, 0.3) is 17.1 Å². The van der Waals surface area contributed by atoms with E-state index in [9.17, 15) is 4.79 Å². The molecule has 126 valence electrons. The number of hydrogen-bond donors (Lipinski definition) is 2. The van der Waals surface area contributed by atoms with Crippen molar-refractivity contribution in [2.45, 2.75) is 6.54 Å². The Morgan fingerprint density at radius 3 is 3.08 bits per heavy atom. The number of nitrogens with one attached hydrogen (secondary N) is 2. The van der Waals surface area contributed by atoms with Gasteiger partial charge < -0.3 is 14.5 Å². The van der Waals surface area contributed by atoms with Gasteiger partial charge in [-0.3, -0.25) is 9.89 Å². The highest BCUT2D eigenvalue weighted by molar-refractivity contribution is 5.93. The Bertz CT molecular complexity index is 1020. The lowest BCUT2D eigenvalue weighted by atomic mass is 10.3. The first-order chi connectivity index (χ1) is 12.2. The first kappa shape index (κ1) is 14.9. The number of carbonyl (C=O) groups excluding carboxylic acids is 1. The van der Waals surface area contributed by atoms with Gasteiger partial charge in [-0.2, -0.15) is 9.61 Å². The minimum Gasteiger partial charge on any atom is -0.480 e. The van der Waals surface area contributed by atoms with E-state index >= 15 is 0 Å². The number of hydrogen-bond acceptors (Lipinski definition) is 7. The van der Waals surface area contributed by atoms with Crippen molar-refractivity contribution in [3.8, 4) is 17.3 Å². The number of amides is 1. The minimum absolute atomic E-state index is 0.142. The number of aromatic amines is 1. The van der Waals surface area contributed by atoms with Crippen LogP contribution in [0, 0.1) is 0 Å². The summed E-state index contributed by atoms with van der Waals surface area (Å²) in [5, 5.41) is 21.7. The van der Waals surface area contributed by atoms with E-state index in [1.807, 2.05) is 0 Å². The van der Waals surface area contributed by atoms with E-state index in [2.05, 4.69) is 30.8 Å². The molecule has 0 atom stereocenters. The normalized spacial score (nSPS) is 10.9. The predicted molar refractivity (Wildman–Crippen MR) is 84.8 cm³/mol. The Morgan fingerprint density at radius 1 is 1.36 bits per heavy atom. The number of furan rings is 1. The molecule has 0 aliphatic carbocycles. The van der Waals surface area contributed by atoms with E-state index in [0.29, 0.717) is 28.8 Å². The van der Waals surface area contributed by atoms with E-state index in [0.717, 1.165) is 0 Å². The Labute approximate surface area is 140 Å². The van der Waals surface area contributed by atoms with Crippen molar-refractivity contribution in [2.75, 3.05) is 7.11 Å². The molecule has 0 saturated heterocycles. The topological polar surface area (TPSA) is 123 Å². The molecule has 0 aliphatic rings. The van der Waals surface area contributed by atoms with Gasteiger partial charge in [0.25, 0.3) is 5.91 Å². The minimum atomic E-state index is -0.353. The van der Waals surface area contributed by atoms with Gasteiger partial charge in [0, 0.05) is 12.1 Å². The number of aromatic nitrogens is 6. The van der Waals surface area contributed by atoms with Crippen molar-refractivity contribution in [3.05, 3.63) is 48.1 Å². The summed E-state index contributed by atoms with van der Waals surface area (Å²) in [6, 6.07) is 8.56. The smallest absolute Gasteiger partial charge is 0.272 e. The van der Waals surface area contributed by atoms with E-state index in [4.69, 9.17) is 9.15 Å². The Morgan fingerprint density at radius 2 is 2.28 bits per heavy atom. The summed E-state index contributed by atoms with van der Waals surface area (Å²) in [7, 11) is 1.52. The maximum atomic E-state index is 12.3. The SMILES string of the molecule is COc1ccc2nnc(CNC(=O)c3cc(-c4ccco4)[nH]n3)n2n1. The molecule has 0 aromatic carbocycles. The van der Waals surface area contributed by atoms with Crippen LogP contribution in [0.15, 0.2) is 41.0 Å². The van der Waals surface area contributed by atoms with Gasteiger partial charge in [-0.25, -0.2) is 0 Å². The van der Waals surface area contributed by atoms with Crippen LogP contribution in [0.2, 0.25) is 0 Å². The molecule has 4 aromatic rings. The second-order valence-electron chi connectivity index (χ2n) is 5.09. The summed E-state index contributed by atoms with van der Waals surface area (Å²) in [6.07, 6.45) is 1.55. The summed E-state index contributed by atoms with van der Waals surface area (Å²) in [4.78, 5) is 12.3. The highest BCUT2D eigenvalue weighted by Crippen LogP contribution is 2.17. The standard InChI is InChI=1S/C15H13N7O3/c1-24-14-5-4-12-19-20-13(22(12)21-14)8-16-15(23)10-7-9(17-18-10)11-3-2-6-25-11/h2-7H,8H2,1H3,(H,16,23)(H,17,18). The number of nitrogens with zero attached hydrogens (tertiary/aromatic N) is 5. The largest absolute Gasteiger partial charge is 0.480 e. The van der Waals surface area contributed by atoms with Crippen LogP contribution in [0.4, 0.5) is 0 Å². The quantitative estimate of drug-likeness (QED) is 0.557. The van der Waals surface area contributed by atoms with E-state index in [1.54, 1.807) is 36.6 Å². The summed E-state index contributed by atoms with van der Waals surface area (Å²) in [5.41, 5.74) is 1.42. The molecule has 4 rings (SSSR count). The zero-order valence-corrected chi connectivity index (χ0v) is 13.1. The summed E-state index contributed by atoms with van der Waals surface area (Å²) < 4.78 is 11.9. The van der Waals surface area contributed by atoms with Gasteiger partial charge in [0.15, 0.2) is 22.9 Å². The van der Waals surface area contributed by atoms with Crippen molar-refractivity contribution in [3.63, 3.8) is 0 Å². The van der Waals surface area contributed by atoms with Gasteiger partial charge in [0.05, 0.1) is 19.9 Å². The number of methoxy groups -OCH3 is 1. The van der Waals surface area contributed by atoms with Crippen LogP contribution < -0.4 is 10.1 Å². The van der Waals surface area contributed by atoms with Crippen LogP contribution in [0.3, 0.4) is 0 Å². The number of rotatable bonds is 5.